The molecule has 3 amide bonds. The van der Waals surface area contributed by atoms with Crippen LogP contribution in [0.15, 0.2) is 24.3 Å². The first-order chi connectivity index (χ1) is 12.1. The minimum Gasteiger partial charge on any atom is -0.337 e. The zero-order chi connectivity index (χ0) is 17.4. The van der Waals surface area contributed by atoms with Crippen LogP contribution in [0.2, 0.25) is 0 Å². The smallest absolute Gasteiger partial charge is 0.317 e. The third-order valence-corrected chi connectivity index (χ3v) is 6.19. The first-order valence-electron chi connectivity index (χ1n) is 9.58. The van der Waals surface area contributed by atoms with Crippen LogP contribution in [0, 0.1) is 5.92 Å². The van der Waals surface area contributed by atoms with Crippen LogP contribution < -0.4 is 10.6 Å². The number of carbonyl (C=O) groups is 2. The van der Waals surface area contributed by atoms with Crippen LogP contribution in [0.3, 0.4) is 0 Å². The first kappa shape index (κ1) is 16.4. The van der Waals surface area contributed by atoms with Crippen molar-refractivity contribution < 1.29 is 9.59 Å². The highest BCUT2D eigenvalue weighted by Crippen LogP contribution is 2.39. The summed E-state index contributed by atoms with van der Waals surface area (Å²) in [6, 6.07) is 8.65. The van der Waals surface area contributed by atoms with Gasteiger partial charge in [0.1, 0.15) is 0 Å². The van der Waals surface area contributed by atoms with Gasteiger partial charge in [-0.1, -0.05) is 31.0 Å². The zero-order valence-corrected chi connectivity index (χ0v) is 14.8. The number of benzene rings is 1. The van der Waals surface area contributed by atoms with Gasteiger partial charge in [-0.25, -0.2) is 4.79 Å². The maximum absolute atomic E-state index is 12.9. The van der Waals surface area contributed by atoms with Crippen LogP contribution in [-0.2, 0) is 4.79 Å². The van der Waals surface area contributed by atoms with E-state index in [1.807, 2.05) is 24.3 Å². The Hall–Kier alpha value is -2.04. The number of urea groups is 1. The average molecular weight is 341 g/mol. The lowest BCUT2D eigenvalue weighted by Crippen LogP contribution is -2.48. The van der Waals surface area contributed by atoms with Crippen LogP contribution in [0.4, 0.5) is 10.5 Å². The topological polar surface area (TPSA) is 61.4 Å². The van der Waals surface area contributed by atoms with Gasteiger partial charge in [-0.2, -0.15) is 0 Å². The van der Waals surface area contributed by atoms with Crippen molar-refractivity contribution in [2.75, 3.05) is 11.9 Å². The van der Waals surface area contributed by atoms with Crippen LogP contribution in [0.5, 0.6) is 0 Å². The van der Waals surface area contributed by atoms with Crippen molar-refractivity contribution in [2.45, 2.75) is 63.5 Å². The molecule has 5 nitrogen and oxygen atoms in total. The van der Waals surface area contributed by atoms with Crippen molar-refractivity contribution in [1.29, 1.82) is 0 Å². The maximum atomic E-state index is 12.9. The molecule has 4 rings (SSSR count). The van der Waals surface area contributed by atoms with Crippen LogP contribution in [-0.4, -0.2) is 35.5 Å². The minimum atomic E-state index is 0.0276. The summed E-state index contributed by atoms with van der Waals surface area (Å²) in [6.07, 6.45) is 6.49. The van der Waals surface area contributed by atoms with E-state index in [0.29, 0.717) is 31.0 Å². The average Bonchev–Trinajstić information content (AvgIpc) is 2.95. The minimum absolute atomic E-state index is 0.0276. The summed E-state index contributed by atoms with van der Waals surface area (Å²) in [5.74, 6) is 0.754. The third-order valence-electron chi connectivity index (χ3n) is 6.19. The fourth-order valence-electron chi connectivity index (χ4n) is 5.04. The van der Waals surface area contributed by atoms with Crippen molar-refractivity contribution in [3.8, 4) is 0 Å². The van der Waals surface area contributed by atoms with Gasteiger partial charge >= 0.3 is 6.03 Å². The van der Waals surface area contributed by atoms with E-state index in [0.717, 1.165) is 24.1 Å². The Morgan fingerprint density at radius 3 is 2.96 bits per heavy atom. The van der Waals surface area contributed by atoms with E-state index < -0.39 is 0 Å². The molecule has 1 saturated carbocycles. The lowest BCUT2D eigenvalue weighted by molar-refractivity contribution is -0.116. The van der Waals surface area contributed by atoms with Crippen LogP contribution >= 0.6 is 0 Å². The van der Waals surface area contributed by atoms with Crippen molar-refractivity contribution in [3.63, 3.8) is 0 Å². The maximum Gasteiger partial charge on any atom is 0.317 e. The quantitative estimate of drug-likeness (QED) is 0.865. The van der Waals surface area contributed by atoms with Gasteiger partial charge in [-0.05, 0) is 43.7 Å². The fourth-order valence-corrected chi connectivity index (χ4v) is 5.04. The van der Waals surface area contributed by atoms with E-state index in [1.54, 1.807) is 0 Å². The molecule has 2 aliphatic heterocycles. The molecule has 1 aromatic rings. The molecule has 4 unspecified atom stereocenters. The molecule has 1 saturated heterocycles. The van der Waals surface area contributed by atoms with Gasteiger partial charge < -0.3 is 15.5 Å². The van der Waals surface area contributed by atoms with Gasteiger partial charge in [-0.3, -0.25) is 4.79 Å². The Kier molecular flexibility index (Phi) is 4.40. The molecule has 2 fully saturated rings. The number of nitrogens with zero attached hydrogens (tertiary/aromatic N) is 1. The molecule has 4 atom stereocenters. The van der Waals surface area contributed by atoms with Gasteiger partial charge in [0, 0.05) is 36.7 Å². The van der Waals surface area contributed by atoms with Crippen molar-refractivity contribution in [1.82, 2.24) is 10.2 Å². The standard InChI is InChI=1S/C20H27N3O2/c1-13-10-14-6-2-5-9-18(14)23(13)20(25)21-12-15-11-19(24)22-17-8-4-3-7-16(15)17/h3-4,7-8,13-15,18H,2,5-6,9-12H2,1H3,(H,21,25)(H,22,24). The number of rotatable bonds is 2. The van der Waals surface area contributed by atoms with Gasteiger partial charge in [0.2, 0.25) is 5.91 Å². The first-order valence-corrected chi connectivity index (χ1v) is 9.58. The highest BCUT2D eigenvalue weighted by molar-refractivity contribution is 5.94. The molecule has 5 heteroatoms. The third kappa shape index (κ3) is 3.12. The summed E-state index contributed by atoms with van der Waals surface area (Å²) in [5.41, 5.74) is 1.99. The predicted molar refractivity (Wildman–Crippen MR) is 97.5 cm³/mol. The highest BCUT2D eigenvalue weighted by atomic mass is 16.2. The lowest BCUT2D eigenvalue weighted by Gasteiger charge is -2.34. The molecule has 1 aliphatic carbocycles. The normalized spacial score (nSPS) is 31.1. The van der Waals surface area contributed by atoms with Gasteiger partial charge in [0.05, 0.1) is 0 Å². The molecule has 0 spiro atoms. The number of nitrogens with one attached hydrogen (secondary N) is 2. The van der Waals surface area contributed by atoms with Gasteiger partial charge in [-0.15, -0.1) is 0 Å². The molecule has 0 bridgehead atoms. The molecule has 2 N–H and O–H groups in total. The predicted octanol–water partition coefficient (Wildman–Crippen LogP) is 3.48. The molecule has 0 aromatic heterocycles. The van der Waals surface area contributed by atoms with Gasteiger partial charge in [0.25, 0.3) is 0 Å². The number of amides is 3. The summed E-state index contributed by atoms with van der Waals surface area (Å²) in [7, 11) is 0. The second-order valence-corrected chi connectivity index (χ2v) is 7.83. The fraction of sp³-hybridized carbons (Fsp3) is 0.600. The Labute approximate surface area is 149 Å². The highest BCUT2D eigenvalue weighted by Gasteiger charge is 2.42. The van der Waals surface area contributed by atoms with Crippen molar-refractivity contribution in [3.05, 3.63) is 29.8 Å². The number of hydrogen-bond acceptors (Lipinski definition) is 2. The summed E-state index contributed by atoms with van der Waals surface area (Å²) >= 11 is 0. The molecule has 25 heavy (non-hydrogen) atoms. The van der Waals surface area contributed by atoms with Crippen molar-refractivity contribution in [2.24, 2.45) is 5.92 Å². The van der Waals surface area contributed by atoms with E-state index in [1.165, 1.54) is 19.3 Å². The van der Waals surface area contributed by atoms with E-state index >= 15 is 0 Å². The molecular weight excluding hydrogens is 314 g/mol. The second-order valence-electron chi connectivity index (χ2n) is 7.83. The number of fused-ring (bicyclic) bond motifs is 2. The molecule has 1 aromatic carbocycles. The summed E-state index contributed by atoms with van der Waals surface area (Å²) in [5, 5.41) is 6.04. The zero-order valence-electron chi connectivity index (χ0n) is 14.8. The number of carbonyl (C=O) groups excluding carboxylic acids is 2. The summed E-state index contributed by atoms with van der Waals surface area (Å²) in [4.78, 5) is 26.9. The molecule has 3 aliphatic rings. The molecular formula is C20H27N3O2. The van der Waals surface area contributed by atoms with E-state index in [9.17, 15) is 9.59 Å². The molecule has 2 heterocycles. The summed E-state index contributed by atoms with van der Waals surface area (Å²) < 4.78 is 0. The second kappa shape index (κ2) is 6.70. The Morgan fingerprint density at radius 2 is 2.08 bits per heavy atom. The number of para-hydroxylation sites is 1. The molecule has 134 valence electrons. The van der Waals surface area contributed by atoms with E-state index in [-0.39, 0.29) is 17.9 Å². The van der Waals surface area contributed by atoms with Crippen LogP contribution in [0.25, 0.3) is 0 Å². The van der Waals surface area contributed by atoms with Crippen LogP contribution in [0.1, 0.15) is 56.9 Å². The van der Waals surface area contributed by atoms with Gasteiger partial charge in [0.15, 0.2) is 0 Å². The Balaban J connectivity index is 1.43. The SMILES string of the molecule is CC1CC2CCCCC2N1C(=O)NCC1CC(=O)Nc2ccccc21. The Bertz CT molecular complexity index is 675. The van der Waals surface area contributed by atoms with Crippen molar-refractivity contribution >= 4 is 17.6 Å². The number of likely N-dealkylation sites (tertiary alicyclic amines) is 1. The monoisotopic (exact) mass is 341 g/mol. The number of hydrogen-bond donors (Lipinski definition) is 2. The van der Waals surface area contributed by atoms with E-state index in [4.69, 9.17) is 0 Å². The lowest BCUT2D eigenvalue weighted by atomic mass is 9.85. The number of anilines is 1. The van der Waals surface area contributed by atoms with E-state index in [2.05, 4.69) is 22.5 Å². The summed E-state index contributed by atoms with van der Waals surface area (Å²) in [6.45, 7) is 2.69. The largest absolute Gasteiger partial charge is 0.337 e. The Morgan fingerprint density at radius 1 is 1.28 bits per heavy atom. The molecule has 0 radical (unpaired) electrons.